The number of imidazole rings is 1. The minimum absolute atomic E-state index is 0.0144. The van der Waals surface area contributed by atoms with Crippen LogP contribution in [0.2, 0.25) is 0 Å². The van der Waals surface area contributed by atoms with Gasteiger partial charge in [-0.2, -0.15) is 5.10 Å². The number of amides is 1. The topological polar surface area (TPSA) is 98.3 Å². The van der Waals surface area contributed by atoms with Crippen LogP contribution in [0.25, 0.3) is 54.9 Å². The van der Waals surface area contributed by atoms with Crippen molar-refractivity contribution in [1.29, 1.82) is 0 Å². The molecule has 47 heavy (non-hydrogen) atoms. The maximum absolute atomic E-state index is 16.1. The molecular weight excluding hydrogens is 622 g/mol. The first-order valence-electron chi connectivity index (χ1n) is 15.2. The molecule has 0 saturated heterocycles. The van der Waals surface area contributed by atoms with Gasteiger partial charge in [0.2, 0.25) is 5.91 Å². The lowest BCUT2D eigenvalue weighted by atomic mass is 9.95. The Hall–Kier alpha value is -4.94. The van der Waals surface area contributed by atoms with Crippen molar-refractivity contribution in [2.45, 2.75) is 45.5 Å². The molecule has 0 bridgehead atoms. The zero-order valence-electron chi connectivity index (χ0n) is 26.2. The van der Waals surface area contributed by atoms with Gasteiger partial charge in [0.05, 0.1) is 57.7 Å². The van der Waals surface area contributed by atoms with Crippen molar-refractivity contribution in [3.8, 4) is 39.5 Å². The predicted molar refractivity (Wildman–Crippen MR) is 178 cm³/mol. The summed E-state index contributed by atoms with van der Waals surface area (Å²) in [6.07, 6.45) is 2.18. The van der Waals surface area contributed by atoms with Crippen LogP contribution in [-0.2, 0) is 18.4 Å². The third kappa shape index (κ3) is 5.17. The highest BCUT2D eigenvalue weighted by Crippen LogP contribution is 2.47. The Kier molecular flexibility index (Phi) is 7.64. The molecule has 4 aromatic heterocycles. The van der Waals surface area contributed by atoms with Crippen LogP contribution in [-0.4, -0.2) is 59.0 Å². The number of thiophene rings is 1. The number of rotatable bonds is 7. The predicted octanol–water partition coefficient (Wildman–Crippen LogP) is 6.90. The number of aromatic nitrogens is 5. The molecule has 0 aliphatic carbocycles. The lowest BCUT2D eigenvalue weighted by molar-refractivity contribution is -0.131. The highest BCUT2D eigenvalue weighted by atomic mass is 32.1. The van der Waals surface area contributed by atoms with Crippen LogP contribution in [0.4, 0.5) is 8.78 Å². The van der Waals surface area contributed by atoms with E-state index in [1.807, 2.05) is 65.9 Å². The molecule has 1 amide bonds. The fourth-order valence-corrected chi connectivity index (χ4v) is 7.39. The van der Waals surface area contributed by atoms with Crippen LogP contribution in [0.15, 0.2) is 66.8 Å². The molecule has 0 saturated carbocycles. The van der Waals surface area contributed by atoms with E-state index in [2.05, 4.69) is 11.6 Å². The number of fused-ring (bicyclic) bond motifs is 3. The summed E-state index contributed by atoms with van der Waals surface area (Å²) in [5.74, 6) is -1.89. The number of aliphatic hydroxyl groups excluding tert-OH is 1. The third-order valence-electron chi connectivity index (χ3n) is 8.60. The van der Waals surface area contributed by atoms with Crippen molar-refractivity contribution < 1.29 is 23.4 Å². The van der Waals surface area contributed by atoms with E-state index in [0.717, 1.165) is 39.1 Å². The number of ether oxygens (including phenoxy) is 1. The van der Waals surface area contributed by atoms with Gasteiger partial charge in [0.15, 0.2) is 0 Å². The number of benzene rings is 2. The number of halogens is 2. The maximum atomic E-state index is 16.1. The van der Waals surface area contributed by atoms with E-state index in [-0.39, 0.29) is 35.9 Å². The number of carbonyl (C=O) groups excluding carboxylic acids is 1. The molecular formula is C35H32F2N6O3S. The van der Waals surface area contributed by atoms with Crippen LogP contribution < -0.4 is 4.74 Å². The van der Waals surface area contributed by atoms with Crippen molar-refractivity contribution in [2.75, 3.05) is 6.61 Å². The Morgan fingerprint density at radius 3 is 2.74 bits per heavy atom. The fraction of sp³-hybridized carbons (Fsp3) is 0.257. The molecule has 3 atom stereocenters. The molecule has 1 aliphatic rings. The average molecular weight is 655 g/mol. The SMILES string of the molecule is C=CC(=O)N1[C@H](C)Cn2nc(-c3nc(-c4ccc5c(c4)ncn5C)c4sccc4c3-c3c(F)cc(F)cc3OC[C@@H](C)O)cc2[C@@H]1C. The number of hydrogen-bond donors (Lipinski definition) is 1. The molecule has 12 heteroatoms. The standard InChI is InChI=1S/C35H32F2N6O3S/c1-6-30(45)43-18(2)15-42-28(20(43)4)14-26(40-42)34-31(32-24(37)12-22(36)13-29(32)46-16-19(3)44)23-9-10-47-35(23)33(39-34)21-7-8-27-25(11-21)38-17-41(27)5/h6-14,17-20,44H,1,15-16H2,2-5H3/t18-,19-,20+/m1/s1. The molecule has 5 heterocycles. The molecule has 6 aromatic rings. The van der Waals surface area contributed by atoms with E-state index in [1.165, 1.54) is 24.3 Å². The zero-order chi connectivity index (χ0) is 33.1. The normalized spacial score (nSPS) is 16.9. The summed E-state index contributed by atoms with van der Waals surface area (Å²) >= 11 is 1.45. The van der Waals surface area contributed by atoms with Crippen molar-refractivity contribution in [1.82, 2.24) is 29.2 Å². The van der Waals surface area contributed by atoms with Crippen LogP contribution in [0.3, 0.4) is 0 Å². The van der Waals surface area contributed by atoms with E-state index in [4.69, 9.17) is 14.8 Å². The van der Waals surface area contributed by atoms with Gasteiger partial charge >= 0.3 is 0 Å². The van der Waals surface area contributed by atoms with E-state index in [9.17, 15) is 14.3 Å². The minimum atomic E-state index is -0.874. The van der Waals surface area contributed by atoms with Gasteiger partial charge in [-0.25, -0.2) is 18.7 Å². The van der Waals surface area contributed by atoms with Crippen LogP contribution in [0.1, 0.15) is 32.5 Å². The van der Waals surface area contributed by atoms with Crippen molar-refractivity contribution in [2.24, 2.45) is 7.05 Å². The zero-order valence-corrected chi connectivity index (χ0v) is 27.1. The number of nitrogens with zero attached hydrogens (tertiary/aromatic N) is 6. The van der Waals surface area contributed by atoms with Gasteiger partial charge in [-0.1, -0.05) is 12.6 Å². The summed E-state index contributed by atoms with van der Waals surface area (Å²) in [5, 5.41) is 17.5. The van der Waals surface area contributed by atoms with Crippen LogP contribution in [0, 0.1) is 11.6 Å². The minimum Gasteiger partial charge on any atom is -0.490 e. The van der Waals surface area contributed by atoms with E-state index in [1.54, 1.807) is 11.2 Å². The van der Waals surface area contributed by atoms with Crippen molar-refractivity contribution >= 4 is 38.4 Å². The number of aliphatic hydroxyl groups is 1. The van der Waals surface area contributed by atoms with Crippen LogP contribution in [0.5, 0.6) is 5.75 Å². The fourth-order valence-electron chi connectivity index (χ4n) is 6.48. The van der Waals surface area contributed by atoms with E-state index >= 15 is 4.39 Å². The van der Waals surface area contributed by atoms with Crippen molar-refractivity contribution in [3.05, 3.63) is 84.2 Å². The average Bonchev–Trinajstić information content (AvgIpc) is 3.78. The highest BCUT2D eigenvalue weighted by Gasteiger charge is 2.34. The Balaban J connectivity index is 1.52. The highest BCUT2D eigenvalue weighted by molar-refractivity contribution is 7.17. The van der Waals surface area contributed by atoms with Gasteiger partial charge in [-0.15, -0.1) is 11.3 Å². The number of aryl methyl sites for hydroxylation is 1. The lowest BCUT2D eigenvalue weighted by Gasteiger charge is -2.38. The molecule has 2 aromatic carbocycles. The van der Waals surface area contributed by atoms with Crippen LogP contribution >= 0.6 is 11.3 Å². The molecule has 0 fully saturated rings. The van der Waals surface area contributed by atoms with Gasteiger partial charge in [0.25, 0.3) is 0 Å². The Labute approximate surface area is 273 Å². The maximum Gasteiger partial charge on any atom is 0.246 e. The first kappa shape index (κ1) is 30.7. The van der Waals surface area contributed by atoms with Crippen molar-refractivity contribution in [3.63, 3.8) is 0 Å². The lowest BCUT2D eigenvalue weighted by Crippen LogP contribution is -2.46. The summed E-state index contributed by atoms with van der Waals surface area (Å²) in [7, 11) is 1.93. The summed E-state index contributed by atoms with van der Waals surface area (Å²) in [4.78, 5) is 24.3. The summed E-state index contributed by atoms with van der Waals surface area (Å²) < 4.78 is 41.1. The number of pyridine rings is 1. The molecule has 0 unspecified atom stereocenters. The molecule has 1 aliphatic heterocycles. The summed E-state index contributed by atoms with van der Waals surface area (Å²) in [6, 6.07) is 11.1. The van der Waals surface area contributed by atoms with E-state index < -0.39 is 17.7 Å². The molecule has 7 rings (SSSR count). The quantitative estimate of drug-likeness (QED) is 0.188. The van der Waals surface area contributed by atoms with E-state index in [0.29, 0.717) is 34.6 Å². The van der Waals surface area contributed by atoms with Gasteiger partial charge < -0.3 is 19.3 Å². The Morgan fingerprint density at radius 1 is 1.17 bits per heavy atom. The first-order chi connectivity index (χ1) is 22.5. The molecule has 0 spiro atoms. The molecule has 240 valence electrons. The summed E-state index contributed by atoms with van der Waals surface area (Å²) in [5.41, 5.74) is 5.24. The second-order valence-electron chi connectivity index (χ2n) is 11.9. The first-order valence-corrected chi connectivity index (χ1v) is 16.1. The van der Waals surface area contributed by atoms with Gasteiger partial charge in [-0.05, 0) is 56.5 Å². The number of carbonyl (C=O) groups is 1. The molecule has 9 nitrogen and oxygen atoms in total. The molecule has 0 radical (unpaired) electrons. The molecule has 1 N–H and O–H groups in total. The smallest absolute Gasteiger partial charge is 0.246 e. The largest absolute Gasteiger partial charge is 0.490 e. The summed E-state index contributed by atoms with van der Waals surface area (Å²) in [6.45, 7) is 9.35. The van der Waals surface area contributed by atoms with Gasteiger partial charge in [-0.3, -0.25) is 9.48 Å². The van der Waals surface area contributed by atoms with Gasteiger partial charge in [0, 0.05) is 41.7 Å². The Bertz CT molecular complexity index is 2200. The Morgan fingerprint density at radius 2 is 1.98 bits per heavy atom. The monoisotopic (exact) mass is 654 g/mol. The number of hydrogen-bond acceptors (Lipinski definition) is 7. The second kappa shape index (κ2) is 11.7. The van der Waals surface area contributed by atoms with Gasteiger partial charge in [0.1, 0.15) is 35.4 Å². The second-order valence-corrected chi connectivity index (χ2v) is 12.9. The third-order valence-corrected chi connectivity index (χ3v) is 9.52.